The van der Waals surface area contributed by atoms with Gasteiger partial charge in [-0.2, -0.15) is 15.6 Å². The van der Waals surface area contributed by atoms with E-state index in [2.05, 4.69) is 5.32 Å². The summed E-state index contributed by atoms with van der Waals surface area (Å²) in [6.07, 6.45) is 0. The third-order valence-electron chi connectivity index (χ3n) is 3.62. The molecule has 0 aliphatic carbocycles. The predicted octanol–water partition coefficient (Wildman–Crippen LogP) is 3.36. The lowest BCUT2D eigenvalue weighted by Gasteiger charge is -2.21. The molecule has 0 radical (unpaired) electrons. The Morgan fingerprint density at radius 2 is 2.04 bits per heavy atom. The van der Waals surface area contributed by atoms with E-state index in [0.717, 1.165) is 5.56 Å². The van der Waals surface area contributed by atoms with Crippen LogP contribution in [0.1, 0.15) is 29.8 Å². The fraction of sp³-hybridized carbons (Fsp3) is 0.312. The highest BCUT2D eigenvalue weighted by Gasteiger charge is 2.25. The van der Waals surface area contributed by atoms with Crippen molar-refractivity contribution >= 4 is 38.9 Å². The van der Waals surface area contributed by atoms with Gasteiger partial charge in [0, 0.05) is 19.6 Å². The van der Waals surface area contributed by atoms with E-state index in [9.17, 15) is 13.2 Å². The highest BCUT2D eigenvalue weighted by Crippen LogP contribution is 2.23. The Morgan fingerprint density at radius 1 is 1.33 bits per heavy atom. The van der Waals surface area contributed by atoms with E-state index in [4.69, 9.17) is 11.6 Å². The minimum absolute atomic E-state index is 0.0452. The highest BCUT2D eigenvalue weighted by atomic mass is 35.5. The van der Waals surface area contributed by atoms with Gasteiger partial charge in [-0.15, -0.1) is 0 Å². The van der Waals surface area contributed by atoms with Gasteiger partial charge in [-0.3, -0.25) is 4.79 Å². The molecule has 0 spiro atoms. The van der Waals surface area contributed by atoms with Gasteiger partial charge in [0.05, 0.1) is 15.5 Å². The zero-order chi connectivity index (χ0) is 17.9. The molecule has 1 amide bonds. The normalized spacial score (nSPS) is 11.9. The molecule has 24 heavy (non-hydrogen) atoms. The molecule has 130 valence electrons. The second kappa shape index (κ2) is 7.65. The molecule has 1 heterocycles. The van der Waals surface area contributed by atoms with Crippen LogP contribution >= 0.6 is 22.9 Å². The first kappa shape index (κ1) is 18.9. The maximum absolute atomic E-state index is 12.6. The maximum atomic E-state index is 12.6. The monoisotopic (exact) mass is 386 g/mol. The Hall–Kier alpha value is -1.41. The molecule has 0 fully saturated rings. The van der Waals surface area contributed by atoms with Crippen LogP contribution in [-0.4, -0.2) is 31.7 Å². The summed E-state index contributed by atoms with van der Waals surface area (Å²) >= 11 is 7.62. The molecular weight excluding hydrogens is 368 g/mol. The summed E-state index contributed by atoms with van der Waals surface area (Å²) < 4.78 is 26.4. The zero-order valence-electron chi connectivity index (χ0n) is 13.6. The Kier molecular flexibility index (Phi) is 6.03. The minimum atomic E-state index is -3.67. The lowest BCUT2D eigenvalue weighted by Crippen LogP contribution is -2.33. The molecular formula is C16H19ClN2O3S2. The third-order valence-corrected chi connectivity index (χ3v) is 6.71. The molecule has 1 aromatic carbocycles. The summed E-state index contributed by atoms with van der Waals surface area (Å²) in [7, 11) is -2.17. The van der Waals surface area contributed by atoms with Crippen LogP contribution in [0, 0.1) is 0 Å². The highest BCUT2D eigenvalue weighted by molar-refractivity contribution is 7.89. The van der Waals surface area contributed by atoms with Crippen LogP contribution in [0.25, 0.3) is 0 Å². The van der Waals surface area contributed by atoms with Crippen molar-refractivity contribution in [1.82, 2.24) is 9.62 Å². The molecule has 0 saturated heterocycles. The summed E-state index contributed by atoms with van der Waals surface area (Å²) in [5.41, 5.74) is 1.12. The molecule has 5 nitrogen and oxygen atoms in total. The molecule has 1 N–H and O–H groups in total. The topological polar surface area (TPSA) is 66.5 Å². The van der Waals surface area contributed by atoms with Crippen molar-refractivity contribution in [2.24, 2.45) is 0 Å². The zero-order valence-corrected chi connectivity index (χ0v) is 16.0. The first-order valence-electron chi connectivity index (χ1n) is 7.30. The Morgan fingerprint density at radius 3 is 2.62 bits per heavy atom. The summed E-state index contributed by atoms with van der Waals surface area (Å²) in [4.78, 5) is 12.4. The van der Waals surface area contributed by atoms with Gasteiger partial charge in [0.2, 0.25) is 10.0 Å². The van der Waals surface area contributed by atoms with Crippen molar-refractivity contribution in [3.8, 4) is 0 Å². The van der Waals surface area contributed by atoms with Gasteiger partial charge in [0.25, 0.3) is 5.91 Å². The van der Waals surface area contributed by atoms with Crippen molar-refractivity contribution in [1.29, 1.82) is 0 Å². The number of nitrogens with zero attached hydrogens (tertiary/aromatic N) is 1. The van der Waals surface area contributed by atoms with Crippen molar-refractivity contribution in [2.45, 2.75) is 31.3 Å². The number of halogens is 1. The second-order valence-electron chi connectivity index (χ2n) is 5.57. The first-order valence-corrected chi connectivity index (χ1v) is 10.1. The number of hydrogen-bond acceptors (Lipinski definition) is 4. The van der Waals surface area contributed by atoms with Gasteiger partial charge in [-0.25, -0.2) is 8.42 Å². The van der Waals surface area contributed by atoms with E-state index >= 15 is 0 Å². The van der Waals surface area contributed by atoms with Crippen LogP contribution in [0.5, 0.6) is 0 Å². The number of carbonyl (C=O) groups is 1. The molecule has 2 rings (SSSR count). The molecule has 0 aliphatic heterocycles. The van der Waals surface area contributed by atoms with Crippen LogP contribution in [-0.2, 0) is 16.6 Å². The smallest absolute Gasteiger partial charge is 0.253 e. The Bertz CT molecular complexity index is 818. The number of thiophene rings is 1. The SMILES string of the molecule is CC(C)N(C)S(=O)(=O)c1ccc(Cl)c(C(=O)NCc2ccsc2)c1. The first-order chi connectivity index (χ1) is 11.2. The van der Waals surface area contributed by atoms with Crippen molar-refractivity contribution in [3.63, 3.8) is 0 Å². The molecule has 0 aliphatic rings. The van der Waals surface area contributed by atoms with E-state index in [-0.39, 0.29) is 21.5 Å². The van der Waals surface area contributed by atoms with Crippen molar-refractivity contribution in [3.05, 3.63) is 51.2 Å². The Labute approximate surface area is 151 Å². The summed E-state index contributed by atoms with van der Waals surface area (Å²) in [5, 5.41) is 6.81. The molecule has 8 heteroatoms. The minimum Gasteiger partial charge on any atom is -0.348 e. The number of carbonyl (C=O) groups excluding carboxylic acids is 1. The van der Waals surface area contributed by atoms with E-state index in [0.29, 0.717) is 6.54 Å². The van der Waals surface area contributed by atoms with E-state index in [1.165, 1.54) is 40.9 Å². The van der Waals surface area contributed by atoms with Crippen LogP contribution in [0.15, 0.2) is 39.9 Å². The molecule has 0 bridgehead atoms. The number of amides is 1. The van der Waals surface area contributed by atoms with Gasteiger partial charge < -0.3 is 5.32 Å². The Balaban J connectivity index is 2.26. The predicted molar refractivity (Wildman–Crippen MR) is 97.0 cm³/mol. The van der Waals surface area contributed by atoms with Crippen LogP contribution < -0.4 is 5.32 Å². The summed E-state index contributed by atoms with van der Waals surface area (Å²) in [6, 6.07) is 5.88. The van der Waals surface area contributed by atoms with Gasteiger partial charge in [0.15, 0.2) is 0 Å². The average molecular weight is 387 g/mol. The summed E-state index contributed by atoms with van der Waals surface area (Å²) in [5.74, 6) is -0.407. The van der Waals surface area contributed by atoms with E-state index in [1.807, 2.05) is 16.8 Å². The molecule has 1 aromatic heterocycles. The molecule has 0 saturated carbocycles. The number of sulfonamides is 1. The molecule has 0 unspecified atom stereocenters. The third kappa shape index (κ3) is 4.16. The lowest BCUT2D eigenvalue weighted by atomic mass is 10.2. The van der Waals surface area contributed by atoms with Crippen LogP contribution in [0.4, 0.5) is 0 Å². The lowest BCUT2D eigenvalue weighted by molar-refractivity contribution is 0.0951. The van der Waals surface area contributed by atoms with E-state index in [1.54, 1.807) is 13.8 Å². The van der Waals surface area contributed by atoms with Gasteiger partial charge in [-0.05, 0) is 54.4 Å². The quantitative estimate of drug-likeness (QED) is 0.827. The molecule has 2 aromatic rings. The van der Waals surface area contributed by atoms with Gasteiger partial charge >= 0.3 is 0 Å². The second-order valence-corrected chi connectivity index (χ2v) is 8.76. The number of rotatable bonds is 6. The van der Waals surface area contributed by atoms with Crippen molar-refractivity contribution in [2.75, 3.05) is 7.05 Å². The van der Waals surface area contributed by atoms with Crippen LogP contribution in [0.3, 0.4) is 0 Å². The van der Waals surface area contributed by atoms with Gasteiger partial charge in [0.1, 0.15) is 0 Å². The fourth-order valence-corrected chi connectivity index (χ4v) is 4.22. The fourth-order valence-electron chi connectivity index (χ4n) is 1.95. The summed E-state index contributed by atoms with van der Waals surface area (Å²) in [6.45, 7) is 3.92. The maximum Gasteiger partial charge on any atom is 0.253 e. The standard InChI is InChI=1S/C16H19ClN2O3S2/c1-11(2)19(3)24(21,22)13-4-5-15(17)14(8-13)16(20)18-9-12-6-7-23-10-12/h4-8,10-11H,9H2,1-3H3,(H,18,20). The average Bonchev–Trinajstić information content (AvgIpc) is 3.05. The number of benzene rings is 1. The largest absolute Gasteiger partial charge is 0.348 e. The van der Waals surface area contributed by atoms with Gasteiger partial charge in [-0.1, -0.05) is 11.6 Å². The van der Waals surface area contributed by atoms with Crippen LogP contribution in [0.2, 0.25) is 5.02 Å². The number of nitrogens with one attached hydrogen (secondary N) is 1. The molecule has 0 atom stereocenters. The number of hydrogen-bond donors (Lipinski definition) is 1. The van der Waals surface area contributed by atoms with E-state index < -0.39 is 15.9 Å². The van der Waals surface area contributed by atoms with Crippen molar-refractivity contribution < 1.29 is 13.2 Å².